The van der Waals surface area contributed by atoms with Crippen LogP contribution in [0.15, 0.2) is 0 Å². The predicted octanol–water partition coefficient (Wildman–Crippen LogP) is 0.468. The maximum Gasteiger partial charge on any atom is 0.407 e. The highest BCUT2D eigenvalue weighted by molar-refractivity contribution is 5.68. The van der Waals surface area contributed by atoms with Crippen LogP contribution in [-0.2, 0) is 9.47 Å². The van der Waals surface area contributed by atoms with E-state index >= 15 is 0 Å². The van der Waals surface area contributed by atoms with E-state index in [4.69, 9.17) is 9.47 Å². The predicted molar refractivity (Wildman–Crippen MR) is 113 cm³/mol. The smallest absolute Gasteiger partial charge is 0.407 e. The van der Waals surface area contributed by atoms with Gasteiger partial charge in [0.1, 0.15) is 11.2 Å². The lowest BCUT2D eigenvalue weighted by atomic mass is 10.1. The summed E-state index contributed by atoms with van der Waals surface area (Å²) in [5.74, 6) is 0. The maximum atomic E-state index is 11.4. The molecule has 2 aliphatic heterocycles. The van der Waals surface area contributed by atoms with E-state index in [2.05, 4.69) is 21.3 Å². The number of aliphatic hydroxyl groups is 2. The number of β-amino-alcohol motifs (C(OH)–C–C–N with tert-alkyl or cyclic N) is 2. The molecule has 2 saturated heterocycles. The zero-order valence-corrected chi connectivity index (χ0v) is 19.1. The minimum Gasteiger partial charge on any atom is -0.444 e. The van der Waals surface area contributed by atoms with Crippen molar-refractivity contribution >= 4 is 12.2 Å². The first-order valence-corrected chi connectivity index (χ1v) is 10.5. The number of hydrogen-bond acceptors (Lipinski definition) is 8. The van der Waals surface area contributed by atoms with Crippen molar-refractivity contribution in [2.75, 3.05) is 26.2 Å². The third-order valence-electron chi connectivity index (χ3n) is 4.10. The average Bonchev–Trinajstić information content (AvgIpc) is 2.51. The Hall–Kier alpha value is -1.62. The first-order valence-electron chi connectivity index (χ1n) is 10.5. The van der Waals surface area contributed by atoms with Crippen LogP contribution in [0.4, 0.5) is 9.59 Å². The molecule has 30 heavy (non-hydrogen) atoms. The van der Waals surface area contributed by atoms with Gasteiger partial charge in [-0.15, -0.1) is 0 Å². The number of alkyl carbamates (subject to hydrolysis) is 2. The summed E-state index contributed by atoms with van der Waals surface area (Å²) in [5.41, 5.74) is -0.963. The number of nitrogens with one attached hydrogen (secondary N) is 4. The standard InChI is InChI=1S/2C10H20N2O3/c2*1-10(2,3)15-9(14)12-7-4-8(13)6-11-5-7/h2*7-8,11,13H,4-6H2,1-3H3,(H,12,14)/t2*7-,8+/m10/s1. The fourth-order valence-electron chi connectivity index (χ4n) is 3.01. The lowest BCUT2D eigenvalue weighted by molar-refractivity contribution is 0.0449. The fourth-order valence-corrected chi connectivity index (χ4v) is 3.01. The van der Waals surface area contributed by atoms with Gasteiger partial charge in [-0.2, -0.15) is 0 Å². The third kappa shape index (κ3) is 12.8. The molecule has 0 bridgehead atoms. The molecule has 2 amide bonds. The molecule has 0 spiro atoms. The van der Waals surface area contributed by atoms with Gasteiger partial charge in [0.2, 0.25) is 0 Å². The molecule has 176 valence electrons. The molecule has 2 heterocycles. The Morgan fingerprint density at radius 1 is 0.733 bits per heavy atom. The number of aliphatic hydroxyl groups excluding tert-OH is 2. The molecule has 2 aliphatic rings. The topological polar surface area (TPSA) is 141 Å². The normalized spacial score (nSPS) is 27.2. The number of piperidine rings is 2. The van der Waals surface area contributed by atoms with Gasteiger partial charge in [-0.25, -0.2) is 9.59 Å². The van der Waals surface area contributed by atoms with E-state index in [1.807, 2.05) is 41.5 Å². The van der Waals surface area contributed by atoms with Crippen molar-refractivity contribution in [3.05, 3.63) is 0 Å². The summed E-state index contributed by atoms with van der Waals surface area (Å²) < 4.78 is 10.2. The third-order valence-corrected chi connectivity index (χ3v) is 4.10. The van der Waals surface area contributed by atoms with Crippen LogP contribution < -0.4 is 21.3 Å². The van der Waals surface area contributed by atoms with Crippen molar-refractivity contribution in [3.8, 4) is 0 Å². The van der Waals surface area contributed by atoms with Gasteiger partial charge >= 0.3 is 12.2 Å². The quantitative estimate of drug-likeness (QED) is 0.370. The molecule has 0 aliphatic carbocycles. The molecule has 0 aromatic rings. The second-order valence-corrected chi connectivity index (χ2v) is 9.78. The van der Waals surface area contributed by atoms with Gasteiger partial charge in [0.25, 0.3) is 0 Å². The Balaban J connectivity index is 0.000000300. The van der Waals surface area contributed by atoms with E-state index < -0.39 is 35.6 Å². The Labute approximate surface area is 179 Å². The number of ether oxygens (including phenoxy) is 2. The highest BCUT2D eigenvalue weighted by Gasteiger charge is 2.25. The molecule has 0 saturated carbocycles. The van der Waals surface area contributed by atoms with Crippen molar-refractivity contribution in [1.29, 1.82) is 0 Å². The summed E-state index contributed by atoms with van der Waals surface area (Å²) in [6.45, 7) is 13.5. The number of hydrogen-bond donors (Lipinski definition) is 6. The van der Waals surface area contributed by atoms with Crippen molar-refractivity contribution in [1.82, 2.24) is 21.3 Å². The lowest BCUT2D eigenvalue weighted by Gasteiger charge is -2.28. The van der Waals surface area contributed by atoms with E-state index in [0.29, 0.717) is 39.0 Å². The zero-order chi connectivity index (χ0) is 22.9. The van der Waals surface area contributed by atoms with E-state index in [1.165, 1.54) is 0 Å². The van der Waals surface area contributed by atoms with Gasteiger partial charge in [0.05, 0.1) is 12.2 Å². The Morgan fingerprint density at radius 2 is 1.07 bits per heavy atom. The Morgan fingerprint density at radius 3 is 1.33 bits per heavy atom. The molecule has 0 radical (unpaired) electrons. The Bertz CT molecular complexity index is 498. The summed E-state index contributed by atoms with van der Waals surface area (Å²) in [4.78, 5) is 22.8. The van der Waals surface area contributed by atoms with Crippen LogP contribution >= 0.6 is 0 Å². The summed E-state index contributed by atoms with van der Waals surface area (Å²) in [7, 11) is 0. The van der Waals surface area contributed by atoms with Crippen LogP contribution in [0.1, 0.15) is 54.4 Å². The highest BCUT2D eigenvalue weighted by atomic mass is 16.6. The van der Waals surface area contributed by atoms with E-state index in [-0.39, 0.29) is 12.1 Å². The molecular formula is C20H40N4O6. The monoisotopic (exact) mass is 432 g/mol. The maximum absolute atomic E-state index is 11.4. The van der Waals surface area contributed by atoms with Gasteiger partial charge in [0, 0.05) is 38.3 Å². The van der Waals surface area contributed by atoms with Crippen molar-refractivity contribution < 1.29 is 29.3 Å². The number of amides is 2. The van der Waals surface area contributed by atoms with E-state index in [1.54, 1.807) is 0 Å². The molecule has 10 heteroatoms. The van der Waals surface area contributed by atoms with Crippen LogP contribution in [0, 0.1) is 0 Å². The zero-order valence-electron chi connectivity index (χ0n) is 19.1. The second-order valence-electron chi connectivity index (χ2n) is 9.78. The first kappa shape index (κ1) is 26.4. The lowest BCUT2D eigenvalue weighted by Crippen LogP contribution is -2.51. The van der Waals surface area contributed by atoms with Crippen LogP contribution in [0.2, 0.25) is 0 Å². The minimum absolute atomic E-state index is 0.0522. The molecule has 2 fully saturated rings. The van der Waals surface area contributed by atoms with Gasteiger partial charge in [0.15, 0.2) is 0 Å². The van der Waals surface area contributed by atoms with Crippen molar-refractivity contribution in [3.63, 3.8) is 0 Å². The van der Waals surface area contributed by atoms with Crippen molar-refractivity contribution in [2.45, 2.75) is 89.9 Å². The second kappa shape index (κ2) is 11.7. The van der Waals surface area contributed by atoms with Crippen LogP contribution in [-0.4, -0.2) is 84.1 Å². The highest BCUT2D eigenvalue weighted by Crippen LogP contribution is 2.09. The number of carbonyl (C=O) groups is 2. The summed E-state index contributed by atoms with van der Waals surface area (Å²) in [6, 6.07) is -0.104. The summed E-state index contributed by atoms with van der Waals surface area (Å²) in [5, 5.41) is 30.3. The van der Waals surface area contributed by atoms with Gasteiger partial charge in [-0.05, 0) is 54.4 Å². The van der Waals surface area contributed by atoms with Crippen molar-refractivity contribution in [2.24, 2.45) is 0 Å². The van der Waals surface area contributed by atoms with E-state index in [9.17, 15) is 19.8 Å². The first-order chi connectivity index (χ1) is 13.7. The number of carbonyl (C=O) groups excluding carboxylic acids is 2. The largest absolute Gasteiger partial charge is 0.444 e. The molecule has 0 aromatic carbocycles. The average molecular weight is 433 g/mol. The van der Waals surface area contributed by atoms with Gasteiger partial charge < -0.3 is 41.0 Å². The summed E-state index contributed by atoms with van der Waals surface area (Å²) >= 11 is 0. The molecular weight excluding hydrogens is 392 g/mol. The molecule has 10 nitrogen and oxygen atoms in total. The fraction of sp³-hybridized carbons (Fsp3) is 0.900. The molecule has 0 aromatic heterocycles. The molecule has 0 unspecified atom stereocenters. The SMILES string of the molecule is CC(C)(C)OC(=O)N[C@@H]1CNC[C@H](O)C1.CC(C)(C)OC(=O)N[C@H]1CNC[C@@H](O)C1. The van der Waals surface area contributed by atoms with Crippen LogP contribution in [0.25, 0.3) is 0 Å². The summed E-state index contributed by atoms with van der Waals surface area (Å²) in [6.07, 6.45) is -0.484. The Kier molecular flexibility index (Phi) is 10.3. The van der Waals surface area contributed by atoms with Crippen LogP contribution in [0.5, 0.6) is 0 Å². The number of rotatable bonds is 2. The minimum atomic E-state index is -0.481. The van der Waals surface area contributed by atoms with Crippen LogP contribution in [0.3, 0.4) is 0 Å². The van der Waals surface area contributed by atoms with Gasteiger partial charge in [-0.1, -0.05) is 0 Å². The van der Waals surface area contributed by atoms with Gasteiger partial charge in [-0.3, -0.25) is 0 Å². The van der Waals surface area contributed by atoms with E-state index in [0.717, 1.165) is 0 Å². The molecule has 2 rings (SSSR count). The molecule has 6 N–H and O–H groups in total. The molecule has 4 atom stereocenters.